The Hall–Kier alpha value is -1.87. The van der Waals surface area contributed by atoms with Crippen LogP contribution in [0.4, 0.5) is 0 Å². The summed E-state index contributed by atoms with van der Waals surface area (Å²) in [6, 6.07) is 12.1. The molecule has 17 heavy (non-hydrogen) atoms. The largest absolute Gasteiger partial charge is 0.497 e. The van der Waals surface area contributed by atoms with Crippen molar-refractivity contribution in [3.05, 3.63) is 48.3 Å². The van der Waals surface area contributed by atoms with Crippen LogP contribution in [-0.2, 0) is 6.54 Å². The van der Waals surface area contributed by atoms with Crippen LogP contribution in [0.25, 0.3) is 11.1 Å². The average Bonchev–Trinajstić information content (AvgIpc) is 2.40. The van der Waals surface area contributed by atoms with Crippen molar-refractivity contribution in [1.29, 1.82) is 0 Å². The van der Waals surface area contributed by atoms with Crippen LogP contribution < -0.4 is 10.1 Å². The van der Waals surface area contributed by atoms with Gasteiger partial charge in [0.05, 0.1) is 12.8 Å². The van der Waals surface area contributed by atoms with Crippen molar-refractivity contribution < 1.29 is 4.74 Å². The zero-order valence-electron chi connectivity index (χ0n) is 10.1. The topological polar surface area (TPSA) is 34.1 Å². The molecule has 1 N–H and O–H groups in total. The van der Waals surface area contributed by atoms with Crippen LogP contribution >= 0.6 is 0 Å². The number of nitrogens with one attached hydrogen (secondary N) is 1. The van der Waals surface area contributed by atoms with Gasteiger partial charge in [-0.15, -0.1) is 0 Å². The summed E-state index contributed by atoms with van der Waals surface area (Å²) in [5.41, 5.74) is 3.26. The van der Waals surface area contributed by atoms with Crippen molar-refractivity contribution in [2.45, 2.75) is 6.54 Å². The van der Waals surface area contributed by atoms with Crippen molar-refractivity contribution in [2.75, 3.05) is 14.2 Å². The van der Waals surface area contributed by atoms with Gasteiger partial charge < -0.3 is 10.1 Å². The Kier molecular flexibility index (Phi) is 3.73. The molecule has 1 aromatic carbocycles. The lowest BCUT2D eigenvalue weighted by atomic mass is 10.1. The van der Waals surface area contributed by atoms with E-state index in [2.05, 4.69) is 22.4 Å². The summed E-state index contributed by atoms with van der Waals surface area (Å²) in [4.78, 5) is 4.40. The van der Waals surface area contributed by atoms with Crippen molar-refractivity contribution in [2.24, 2.45) is 0 Å². The van der Waals surface area contributed by atoms with Gasteiger partial charge in [-0.3, -0.25) is 4.98 Å². The molecule has 0 saturated heterocycles. The van der Waals surface area contributed by atoms with Gasteiger partial charge in [0.15, 0.2) is 0 Å². The van der Waals surface area contributed by atoms with Crippen LogP contribution in [0.5, 0.6) is 5.75 Å². The summed E-state index contributed by atoms with van der Waals surface area (Å²) >= 11 is 0. The van der Waals surface area contributed by atoms with E-state index in [0.29, 0.717) is 0 Å². The highest BCUT2D eigenvalue weighted by molar-refractivity contribution is 5.64. The number of benzene rings is 1. The van der Waals surface area contributed by atoms with E-state index in [1.807, 2.05) is 37.5 Å². The Labute approximate surface area is 101 Å². The zero-order chi connectivity index (χ0) is 12.1. The number of hydrogen-bond acceptors (Lipinski definition) is 3. The molecule has 88 valence electrons. The number of ether oxygens (including phenoxy) is 1. The lowest BCUT2D eigenvalue weighted by molar-refractivity contribution is 0.415. The summed E-state index contributed by atoms with van der Waals surface area (Å²) in [6.45, 7) is 0.790. The first-order chi connectivity index (χ1) is 8.33. The third-order valence-corrected chi connectivity index (χ3v) is 2.59. The smallest absolute Gasteiger partial charge is 0.119 e. The van der Waals surface area contributed by atoms with E-state index in [4.69, 9.17) is 4.74 Å². The van der Waals surface area contributed by atoms with E-state index < -0.39 is 0 Å². The summed E-state index contributed by atoms with van der Waals surface area (Å²) in [5.74, 6) is 0.863. The molecule has 0 radical (unpaired) electrons. The van der Waals surface area contributed by atoms with E-state index in [-0.39, 0.29) is 0 Å². The molecule has 1 heterocycles. The van der Waals surface area contributed by atoms with Crippen molar-refractivity contribution in [1.82, 2.24) is 10.3 Å². The van der Waals surface area contributed by atoms with E-state index in [9.17, 15) is 0 Å². The van der Waals surface area contributed by atoms with Gasteiger partial charge in [-0.05, 0) is 30.8 Å². The number of aromatic nitrogens is 1. The fourth-order valence-electron chi connectivity index (χ4n) is 1.68. The van der Waals surface area contributed by atoms with E-state index in [1.165, 1.54) is 0 Å². The maximum Gasteiger partial charge on any atom is 0.119 e. The average molecular weight is 228 g/mol. The molecule has 0 atom stereocenters. The van der Waals surface area contributed by atoms with Gasteiger partial charge in [0, 0.05) is 18.3 Å². The van der Waals surface area contributed by atoms with E-state index >= 15 is 0 Å². The minimum atomic E-state index is 0.790. The first kappa shape index (κ1) is 11.6. The predicted molar refractivity (Wildman–Crippen MR) is 69.0 cm³/mol. The molecule has 0 aliphatic heterocycles. The molecule has 0 unspecified atom stereocenters. The van der Waals surface area contributed by atoms with Crippen LogP contribution in [0.15, 0.2) is 42.6 Å². The monoisotopic (exact) mass is 228 g/mol. The Balaban J connectivity index is 2.26. The SMILES string of the molecule is CNCc1ccc(-c2cccc(OC)c2)cn1. The second-order valence-electron chi connectivity index (χ2n) is 3.80. The third kappa shape index (κ3) is 2.82. The van der Waals surface area contributed by atoms with Gasteiger partial charge in [0.2, 0.25) is 0 Å². The molecule has 2 rings (SSSR count). The molecule has 0 saturated carbocycles. The van der Waals surface area contributed by atoms with Gasteiger partial charge in [0.25, 0.3) is 0 Å². The van der Waals surface area contributed by atoms with Crippen LogP contribution in [0.1, 0.15) is 5.69 Å². The number of pyridine rings is 1. The van der Waals surface area contributed by atoms with Crippen LogP contribution in [0, 0.1) is 0 Å². The van der Waals surface area contributed by atoms with Gasteiger partial charge >= 0.3 is 0 Å². The second-order valence-corrected chi connectivity index (χ2v) is 3.80. The summed E-state index contributed by atoms with van der Waals surface area (Å²) in [6.07, 6.45) is 1.89. The van der Waals surface area contributed by atoms with Crippen molar-refractivity contribution in [3.8, 4) is 16.9 Å². The Bertz CT molecular complexity index is 480. The first-order valence-electron chi connectivity index (χ1n) is 5.57. The standard InChI is InChI=1S/C14H16N2O/c1-15-10-13-7-6-12(9-16-13)11-4-3-5-14(8-11)17-2/h3-9,15H,10H2,1-2H3. The van der Waals surface area contributed by atoms with Crippen LogP contribution in [0.2, 0.25) is 0 Å². The van der Waals surface area contributed by atoms with Gasteiger partial charge in [0.1, 0.15) is 5.75 Å². The molecular formula is C14H16N2O. The quantitative estimate of drug-likeness (QED) is 0.873. The molecule has 0 fully saturated rings. The minimum absolute atomic E-state index is 0.790. The second kappa shape index (κ2) is 5.46. The molecule has 0 amide bonds. The van der Waals surface area contributed by atoms with Gasteiger partial charge in [-0.25, -0.2) is 0 Å². The summed E-state index contributed by atoms with van der Waals surface area (Å²) in [5, 5.41) is 3.08. The van der Waals surface area contributed by atoms with Gasteiger partial charge in [-0.1, -0.05) is 18.2 Å². The lowest BCUT2D eigenvalue weighted by Gasteiger charge is -2.05. The number of hydrogen-bond donors (Lipinski definition) is 1. The van der Waals surface area contributed by atoms with E-state index in [0.717, 1.165) is 29.1 Å². The summed E-state index contributed by atoms with van der Waals surface area (Å²) in [7, 11) is 3.59. The Morgan fingerprint density at radius 1 is 1.18 bits per heavy atom. The molecular weight excluding hydrogens is 212 g/mol. The fourth-order valence-corrected chi connectivity index (χ4v) is 1.68. The number of methoxy groups -OCH3 is 1. The maximum atomic E-state index is 5.21. The Morgan fingerprint density at radius 3 is 2.71 bits per heavy atom. The number of rotatable bonds is 4. The predicted octanol–water partition coefficient (Wildman–Crippen LogP) is 2.48. The first-order valence-corrected chi connectivity index (χ1v) is 5.57. The highest BCUT2D eigenvalue weighted by atomic mass is 16.5. The highest BCUT2D eigenvalue weighted by Gasteiger charge is 2.00. The molecule has 3 heteroatoms. The fraction of sp³-hybridized carbons (Fsp3) is 0.214. The van der Waals surface area contributed by atoms with Crippen molar-refractivity contribution in [3.63, 3.8) is 0 Å². The Morgan fingerprint density at radius 2 is 2.06 bits per heavy atom. The molecule has 0 bridgehead atoms. The molecule has 1 aromatic heterocycles. The van der Waals surface area contributed by atoms with Crippen LogP contribution in [-0.4, -0.2) is 19.1 Å². The third-order valence-electron chi connectivity index (χ3n) is 2.59. The van der Waals surface area contributed by atoms with Crippen molar-refractivity contribution >= 4 is 0 Å². The minimum Gasteiger partial charge on any atom is -0.497 e. The number of nitrogens with zero attached hydrogens (tertiary/aromatic N) is 1. The van der Waals surface area contributed by atoms with Crippen LogP contribution in [0.3, 0.4) is 0 Å². The van der Waals surface area contributed by atoms with E-state index in [1.54, 1.807) is 7.11 Å². The lowest BCUT2D eigenvalue weighted by Crippen LogP contribution is -2.06. The molecule has 3 nitrogen and oxygen atoms in total. The normalized spacial score (nSPS) is 10.2. The maximum absolute atomic E-state index is 5.21. The molecule has 0 aliphatic carbocycles. The van der Waals surface area contributed by atoms with Gasteiger partial charge in [-0.2, -0.15) is 0 Å². The molecule has 0 spiro atoms. The molecule has 0 aliphatic rings. The summed E-state index contributed by atoms with van der Waals surface area (Å²) < 4.78 is 5.21. The molecule has 2 aromatic rings. The highest BCUT2D eigenvalue weighted by Crippen LogP contribution is 2.23. The zero-order valence-corrected chi connectivity index (χ0v) is 10.1.